The van der Waals surface area contributed by atoms with E-state index in [1.54, 1.807) is 4.80 Å². The number of nitrogens with zero attached hydrogens (tertiary/aromatic N) is 5. The Hall–Kier alpha value is -1.26. The number of fused-ring (bicyclic) bond motifs is 1. The van der Waals surface area contributed by atoms with Crippen LogP contribution in [0.15, 0.2) is 0 Å². The van der Waals surface area contributed by atoms with Gasteiger partial charge in [-0.05, 0) is 27.7 Å². The molecule has 0 fully saturated rings. The summed E-state index contributed by atoms with van der Waals surface area (Å²) in [6.07, 6.45) is 0. The van der Waals surface area contributed by atoms with Gasteiger partial charge in [0.1, 0.15) is 0 Å². The Labute approximate surface area is 97.0 Å². The first-order valence-electron chi connectivity index (χ1n) is 5.58. The smallest absolute Gasteiger partial charge is 0.196 e. The van der Waals surface area contributed by atoms with Crippen molar-refractivity contribution in [2.45, 2.75) is 38.8 Å². The molecule has 0 saturated heterocycles. The van der Waals surface area contributed by atoms with Gasteiger partial charge in [0.05, 0.1) is 11.1 Å². The average Bonchev–Trinajstić information content (AvgIpc) is 2.55. The maximum Gasteiger partial charge on any atom is 0.196 e. The Bertz CT molecular complexity index is 381. The third-order valence-electron chi connectivity index (χ3n) is 4.49. The fraction of sp³-hybridized carbons (Fsp3) is 0.818. The van der Waals surface area contributed by atoms with E-state index in [1.165, 1.54) is 0 Å². The maximum absolute atomic E-state index is 4.43. The molecule has 0 unspecified atom stereocenters. The van der Waals surface area contributed by atoms with Crippen molar-refractivity contribution in [3.05, 3.63) is 0 Å². The van der Waals surface area contributed by atoms with Crippen molar-refractivity contribution in [2.24, 2.45) is 7.05 Å². The Morgan fingerprint density at radius 3 is 1.38 bits per heavy atom. The molecule has 0 saturated carbocycles. The molecule has 1 aromatic heterocycles. The summed E-state index contributed by atoms with van der Waals surface area (Å²) in [7, 11) is 6.03. The second kappa shape index (κ2) is 2.90. The third kappa shape index (κ3) is 1.11. The number of hydrogen-bond acceptors (Lipinski definition) is 4. The molecule has 1 aliphatic rings. The van der Waals surface area contributed by atoms with E-state index in [0.29, 0.717) is 0 Å². The topological polar surface area (TPSA) is 37.2 Å². The summed E-state index contributed by atoms with van der Waals surface area (Å²) in [5.41, 5.74) is 0.00949. The molecule has 1 aliphatic heterocycles. The van der Waals surface area contributed by atoms with E-state index in [9.17, 15) is 0 Å². The largest absolute Gasteiger partial charge is 0.348 e. The molecule has 5 heteroatoms. The highest BCUT2D eigenvalue weighted by Crippen LogP contribution is 2.44. The molecule has 0 radical (unpaired) electrons. The van der Waals surface area contributed by atoms with Gasteiger partial charge < -0.3 is 9.80 Å². The SMILES string of the molecule is CN1c2nn(C)nc2N(C)C(C)(C)C1(C)C. The second-order valence-electron chi connectivity index (χ2n) is 5.57. The highest BCUT2D eigenvalue weighted by atomic mass is 15.6. The Morgan fingerprint density at radius 1 is 0.750 bits per heavy atom. The zero-order valence-corrected chi connectivity index (χ0v) is 11.2. The van der Waals surface area contributed by atoms with Crippen LogP contribution in [0.2, 0.25) is 0 Å². The summed E-state index contributed by atoms with van der Waals surface area (Å²) >= 11 is 0. The molecule has 0 aliphatic carbocycles. The second-order valence-corrected chi connectivity index (χ2v) is 5.57. The highest BCUT2D eigenvalue weighted by Gasteiger charge is 2.50. The molecule has 5 nitrogen and oxygen atoms in total. The number of aryl methyl sites for hydroxylation is 1. The fourth-order valence-corrected chi connectivity index (χ4v) is 2.17. The Morgan fingerprint density at radius 2 is 1.06 bits per heavy atom. The molecule has 0 bridgehead atoms. The lowest BCUT2D eigenvalue weighted by atomic mass is 9.78. The number of hydrogen-bond donors (Lipinski definition) is 0. The predicted octanol–water partition coefficient (Wildman–Crippen LogP) is 1.26. The van der Waals surface area contributed by atoms with Gasteiger partial charge in [-0.25, -0.2) is 0 Å². The Kier molecular flexibility index (Phi) is 2.03. The molecule has 0 aromatic carbocycles. The van der Waals surface area contributed by atoms with Crippen LogP contribution in [0, 0.1) is 0 Å². The van der Waals surface area contributed by atoms with Crippen LogP contribution in [0.1, 0.15) is 27.7 Å². The van der Waals surface area contributed by atoms with Crippen LogP contribution in [0.4, 0.5) is 11.6 Å². The molecule has 90 valence electrons. The average molecular weight is 223 g/mol. The molecule has 0 atom stereocenters. The molecular weight excluding hydrogens is 202 g/mol. The van der Waals surface area contributed by atoms with Crippen molar-refractivity contribution in [3.8, 4) is 0 Å². The number of rotatable bonds is 0. The summed E-state index contributed by atoms with van der Waals surface area (Å²) in [5, 5.41) is 8.87. The lowest BCUT2D eigenvalue weighted by Gasteiger charge is -2.56. The summed E-state index contributed by atoms with van der Waals surface area (Å²) in [6.45, 7) is 8.95. The van der Waals surface area contributed by atoms with Crippen molar-refractivity contribution in [1.29, 1.82) is 0 Å². The van der Waals surface area contributed by atoms with E-state index in [2.05, 4.69) is 61.8 Å². The first-order chi connectivity index (χ1) is 7.19. The lowest BCUT2D eigenvalue weighted by Crippen LogP contribution is -2.67. The molecule has 0 amide bonds. The van der Waals surface area contributed by atoms with Gasteiger partial charge in [0.25, 0.3) is 0 Å². The van der Waals surface area contributed by atoms with Crippen LogP contribution in [0.25, 0.3) is 0 Å². The van der Waals surface area contributed by atoms with Gasteiger partial charge in [0.15, 0.2) is 11.6 Å². The van der Waals surface area contributed by atoms with Crippen molar-refractivity contribution < 1.29 is 0 Å². The van der Waals surface area contributed by atoms with Gasteiger partial charge in [-0.3, -0.25) is 0 Å². The molecule has 2 rings (SSSR count). The molecular formula is C11H21N5. The van der Waals surface area contributed by atoms with Crippen LogP contribution in [0.5, 0.6) is 0 Å². The maximum atomic E-state index is 4.43. The van der Waals surface area contributed by atoms with Gasteiger partial charge in [0.2, 0.25) is 0 Å². The molecule has 0 spiro atoms. The summed E-state index contributed by atoms with van der Waals surface area (Å²) in [4.78, 5) is 6.07. The molecule has 0 N–H and O–H groups in total. The van der Waals surface area contributed by atoms with Crippen molar-refractivity contribution >= 4 is 11.6 Å². The summed E-state index contributed by atoms with van der Waals surface area (Å²) in [5.74, 6) is 1.91. The molecule has 1 aromatic rings. The van der Waals surface area contributed by atoms with E-state index in [1.807, 2.05) is 7.05 Å². The van der Waals surface area contributed by atoms with Crippen molar-refractivity contribution in [1.82, 2.24) is 15.0 Å². The van der Waals surface area contributed by atoms with Crippen LogP contribution in [0.3, 0.4) is 0 Å². The highest BCUT2D eigenvalue weighted by molar-refractivity contribution is 5.68. The van der Waals surface area contributed by atoms with Crippen LogP contribution in [-0.4, -0.2) is 40.2 Å². The van der Waals surface area contributed by atoms with Gasteiger partial charge in [-0.2, -0.15) is 4.80 Å². The van der Waals surface area contributed by atoms with E-state index < -0.39 is 0 Å². The van der Waals surface area contributed by atoms with E-state index >= 15 is 0 Å². The van der Waals surface area contributed by atoms with E-state index in [-0.39, 0.29) is 11.1 Å². The number of aromatic nitrogens is 3. The number of anilines is 2. The predicted molar refractivity (Wildman–Crippen MR) is 66.0 cm³/mol. The summed E-state index contributed by atoms with van der Waals surface area (Å²) < 4.78 is 0. The monoisotopic (exact) mass is 223 g/mol. The zero-order valence-electron chi connectivity index (χ0n) is 11.2. The van der Waals surface area contributed by atoms with E-state index in [0.717, 1.165) is 11.6 Å². The van der Waals surface area contributed by atoms with Crippen molar-refractivity contribution in [3.63, 3.8) is 0 Å². The lowest BCUT2D eigenvalue weighted by molar-refractivity contribution is 0.271. The first-order valence-corrected chi connectivity index (χ1v) is 5.58. The van der Waals surface area contributed by atoms with Crippen LogP contribution in [-0.2, 0) is 7.05 Å². The fourth-order valence-electron chi connectivity index (χ4n) is 2.17. The minimum Gasteiger partial charge on any atom is -0.348 e. The minimum atomic E-state index is 0.00475. The minimum absolute atomic E-state index is 0.00475. The quantitative estimate of drug-likeness (QED) is 0.663. The van der Waals surface area contributed by atoms with Gasteiger partial charge in [-0.1, -0.05) is 0 Å². The van der Waals surface area contributed by atoms with Crippen LogP contribution >= 0.6 is 0 Å². The van der Waals surface area contributed by atoms with Gasteiger partial charge in [0, 0.05) is 21.1 Å². The van der Waals surface area contributed by atoms with Crippen LogP contribution < -0.4 is 9.80 Å². The molecule has 16 heavy (non-hydrogen) atoms. The van der Waals surface area contributed by atoms with Gasteiger partial charge >= 0.3 is 0 Å². The third-order valence-corrected chi connectivity index (χ3v) is 4.49. The van der Waals surface area contributed by atoms with E-state index in [4.69, 9.17) is 0 Å². The van der Waals surface area contributed by atoms with Crippen molar-refractivity contribution in [2.75, 3.05) is 23.9 Å². The number of likely N-dealkylation sites (N-methyl/N-ethyl adjacent to an activating group) is 2. The summed E-state index contributed by atoms with van der Waals surface area (Å²) in [6, 6.07) is 0. The first kappa shape index (κ1) is 11.2. The molecule has 2 heterocycles. The van der Waals surface area contributed by atoms with Gasteiger partial charge in [-0.15, -0.1) is 10.2 Å². The normalized spacial score (nSPS) is 22.2. The Balaban J connectivity index is 2.65. The standard InChI is InChI=1S/C11H21N5/c1-10(2)11(3,4)15(6)9-8(14(10)5)12-16(7)13-9/h1-7H3. The zero-order chi connectivity index (χ0) is 12.3.